The number of para-hydroxylation sites is 1. The molecule has 3 aromatic rings. The third kappa shape index (κ3) is 7.83. The van der Waals surface area contributed by atoms with Crippen LogP contribution in [0.2, 0.25) is 0 Å². The van der Waals surface area contributed by atoms with Crippen molar-refractivity contribution in [3.05, 3.63) is 75.5 Å². The van der Waals surface area contributed by atoms with E-state index in [1.54, 1.807) is 24.3 Å². The molecule has 10 heteroatoms. The molecule has 0 saturated heterocycles. The van der Waals surface area contributed by atoms with E-state index < -0.39 is 5.09 Å². The minimum absolute atomic E-state index is 0.0378. The molecular formula is C29H34N4O6. The summed E-state index contributed by atoms with van der Waals surface area (Å²) in [4.78, 5) is 31.7. The first-order valence-corrected chi connectivity index (χ1v) is 13.2. The average Bonchev–Trinajstić information content (AvgIpc) is 2.95. The molecule has 10 nitrogen and oxygen atoms in total. The fraction of sp³-hybridized carbons (Fsp3) is 0.379. The Hall–Kier alpha value is -4.34. The molecule has 0 fully saturated rings. The van der Waals surface area contributed by atoms with Crippen molar-refractivity contribution in [3.63, 3.8) is 0 Å². The number of carbonyl (C=O) groups excluding carboxylic acids is 1. The largest absolute Gasteiger partial charge is 0.493 e. The standard InChI is InChI=1S/C29H34N4O6/c1-37-27-20-21(12-14-26(27)38-18-7-19-39-33(35)36)13-15-28(34)30-16-6-17-31-29-22-8-2-4-10-24(22)32-25-11-5-3-9-23(25)29/h2,4,8,10,12-15,20H,3,5-7,9,11,16-19H2,1H3,(H,30,34)(H,31,32)/b15-13+. The lowest BCUT2D eigenvalue weighted by molar-refractivity contribution is -0.757. The van der Waals surface area contributed by atoms with Crippen molar-refractivity contribution in [1.29, 1.82) is 0 Å². The Morgan fingerprint density at radius 3 is 2.77 bits per heavy atom. The molecule has 1 amide bonds. The zero-order chi connectivity index (χ0) is 27.5. The quantitative estimate of drug-likeness (QED) is 0.132. The summed E-state index contributed by atoms with van der Waals surface area (Å²) in [7, 11) is 1.52. The van der Waals surface area contributed by atoms with E-state index in [4.69, 9.17) is 14.5 Å². The molecule has 0 aliphatic heterocycles. The van der Waals surface area contributed by atoms with Gasteiger partial charge in [0.05, 0.1) is 25.8 Å². The van der Waals surface area contributed by atoms with Crippen molar-refractivity contribution in [3.8, 4) is 11.5 Å². The highest BCUT2D eigenvalue weighted by molar-refractivity contribution is 5.93. The molecular weight excluding hydrogens is 500 g/mol. The Labute approximate surface area is 227 Å². The van der Waals surface area contributed by atoms with Crippen molar-refractivity contribution < 1.29 is 24.2 Å². The SMILES string of the molecule is COc1cc(/C=C/C(=O)NCCCNc2c3c(nc4ccccc24)CCCC3)ccc1OCCCO[N+](=O)[O-]. The molecule has 1 aliphatic rings. The first kappa shape index (κ1) is 27.7. The number of methoxy groups -OCH3 is 1. The maximum absolute atomic E-state index is 12.3. The van der Waals surface area contributed by atoms with Crippen LogP contribution in [0.4, 0.5) is 5.69 Å². The number of nitrogens with zero attached hydrogens (tertiary/aromatic N) is 2. The van der Waals surface area contributed by atoms with Gasteiger partial charge in [-0.25, -0.2) is 0 Å². The number of aryl methyl sites for hydroxylation is 1. The topological polar surface area (TPSA) is 125 Å². The lowest BCUT2D eigenvalue weighted by Gasteiger charge is -2.21. The second-order valence-electron chi connectivity index (χ2n) is 9.21. The van der Waals surface area contributed by atoms with Crippen LogP contribution in [0.25, 0.3) is 17.0 Å². The van der Waals surface area contributed by atoms with Gasteiger partial charge >= 0.3 is 0 Å². The van der Waals surface area contributed by atoms with Crippen LogP contribution in [-0.4, -0.2) is 49.4 Å². The van der Waals surface area contributed by atoms with Gasteiger partial charge in [0.15, 0.2) is 11.5 Å². The number of ether oxygens (including phenoxy) is 2. The normalized spacial score (nSPS) is 12.6. The second-order valence-corrected chi connectivity index (χ2v) is 9.21. The Balaban J connectivity index is 1.23. The van der Waals surface area contributed by atoms with Crippen LogP contribution in [0.5, 0.6) is 11.5 Å². The molecule has 1 heterocycles. The van der Waals surface area contributed by atoms with Gasteiger partial charge in [0.25, 0.3) is 5.09 Å². The summed E-state index contributed by atoms with van der Waals surface area (Å²) in [6.45, 7) is 1.51. The van der Waals surface area contributed by atoms with Gasteiger partial charge in [-0.15, -0.1) is 10.1 Å². The van der Waals surface area contributed by atoms with E-state index in [0.29, 0.717) is 24.5 Å². The number of pyridine rings is 1. The monoisotopic (exact) mass is 534 g/mol. The predicted molar refractivity (Wildman–Crippen MR) is 150 cm³/mol. The Morgan fingerprint density at radius 2 is 1.92 bits per heavy atom. The highest BCUT2D eigenvalue weighted by atomic mass is 16.9. The second kappa shape index (κ2) is 14.0. The highest BCUT2D eigenvalue weighted by Crippen LogP contribution is 2.33. The van der Waals surface area contributed by atoms with Crippen molar-refractivity contribution in [1.82, 2.24) is 10.3 Å². The van der Waals surface area contributed by atoms with Gasteiger partial charge in [0, 0.05) is 42.4 Å². The maximum atomic E-state index is 12.3. The van der Waals surface area contributed by atoms with Crippen molar-refractivity contribution in [2.45, 2.75) is 38.5 Å². The van der Waals surface area contributed by atoms with Gasteiger partial charge in [-0.2, -0.15) is 0 Å². The van der Waals surface area contributed by atoms with E-state index >= 15 is 0 Å². The number of rotatable bonds is 14. The first-order chi connectivity index (χ1) is 19.0. The fourth-order valence-electron chi connectivity index (χ4n) is 4.61. The number of hydrogen-bond acceptors (Lipinski definition) is 8. The van der Waals surface area contributed by atoms with Gasteiger partial charge in [-0.1, -0.05) is 24.3 Å². The molecule has 1 aliphatic carbocycles. The zero-order valence-corrected chi connectivity index (χ0v) is 22.1. The number of hydrogen-bond donors (Lipinski definition) is 2. The van der Waals surface area contributed by atoms with Crippen molar-refractivity contribution in [2.75, 3.05) is 38.7 Å². The number of fused-ring (bicyclic) bond motifs is 2. The maximum Gasteiger partial charge on any atom is 0.294 e. The minimum atomic E-state index is -0.829. The Kier molecular flexibility index (Phi) is 9.93. The number of nitrogens with one attached hydrogen (secondary N) is 2. The zero-order valence-electron chi connectivity index (χ0n) is 22.1. The molecule has 0 unspecified atom stereocenters. The molecule has 0 atom stereocenters. The van der Waals surface area contributed by atoms with Crippen LogP contribution < -0.4 is 20.1 Å². The van der Waals surface area contributed by atoms with Crippen molar-refractivity contribution >= 4 is 28.6 Å². The van der Waals surface area contributed by atoms with E-state index in [2.05, 4.69) is 27.6 Å². The van der Waals surface area contributed by atoms with Gasteiger partial charge < -0.3 is 24.9 Å². The van der Waals surface area contributed by atoms with Gasteiger partial charge in [0.2, 0.25) is 5.91 Å². The van der Waals surface area contributed by atoms with E-state index in [-0.39, 0.29) is 19.1 Å². The molecule has 206 valence electrons. The van der Waals surface area contributed by atoms with Crippen LogP contribution in [0.1, 0.15) is 42.5 Å². The summed E-state index contributed by atoms with van der Waals surface area (Å²) in [6.07, 6.45) is 8.80. The summed E-state index contributed by atoms with van der Waals surface area (Å²) in [5.41, 5.74) is 5.54. The lowest BCUT2D eigenvalue weighted by Crippen LogP contribution is -2.24. The van der Waals surface area contributed by atoms with Crippen LogP contribution in [0.3, 0.4) is 0 Å². The molecule has 2 N–H and O–H groups in total. The molecule has 0 spiro atoms. The van der Waals surface area contributed by atoms with E-state index in [9.17, 15) is 14.9 Å². The Morgan fingerprint density at radius 1 is 1.08 bits per heavy atom. The van der Waals surface area contributed by atoms with E-state index in [0.717, 1.165) is 42.3 Å². The number of benzene rings is 2. The summed E-state index contributed by atoms with van der Waals surface area (Å²) in [5, 5.41) is 17.1. The molecule has 1 aromatic heterocycles. The Bertz CT molecular complexity index is 1330. The summed E-state index contributed by atoms with van der Waals surface area (Å²) in [6, 6.07) is 13.6. The summed E-state index contributed by atoms with van der Waals surface area (Å²) >= 11 is 0. The molecule has 0 saturated carbocycles. The third-order valence-electron chi connectivity index (χ3n) is 6.48. The molecule has 4 rings (SSSR count). The molecule has 2 aromatic carbocycles. The highest BCUT2D eigenvalue weighted by Gasteiger charge is 2.17. The average molecular weight is 535 g/mol. The lowest BCUT2D eigenvalue weighted by atomic mass is 9.92. The van der Waals surface area contributed by atoms with E-state index in [1.807, 2.05) is 12.1 Å². The number of carbonyl (C=O) groups is 1. The number of amides is 1. The van der Waals surface area contributed by atoms with Crippen LogP contribution in [0.15, 0.2) is 48.5 Å². The first-order valence-electron chi connectivity index (χ1n) is 13.2. The van der Waals surface area contributed by atoms with Crippen LogP contribution in [-0.2, 0) is 22.5 Å². The van der Waals surface area contributed by atoms with Gasteiger partial charge in [-0.3, -0.25) is 9.78 Å². The molecule has 39 heavy (non-hydrogen) atoms. The van der Waals surface area contributed by atoms with Crippen LogP contribution in [0, 0.1) is 10.1 Å². The third-order valence-corrected chi connectivity index (χ3v) is 6.48. The van der Waals surface area contributed by atoms with E-state index in [1.165, 1.54) is 43.0 Å². The summed E-state index contributed by atoms with van der Waals surface area (Å²) in [5.74, 6) is 0.840. The van der Waals surface area contributed by atoms with Gasteiger partial charge in [-0.05, 0) is 67.5 Å². The summed E-state index contributed by atoms with van der Waals surface area (Å²) < 4.78 is 11.0. The molecule has 0 radical (unpaired) electrons. The fourth-order valence-corrected chi connectivity index (χ4v) is 4.61. The predicted octanol–water partition coefficient (Wildman–Crippen LogP) is 4.73. The number of aromatic nitrogens is 1. The van der Waals surface area contributed by atoms with Gasteiger partial charge in [0.1, 0.15) is 0 Å². The number of anilines is 1. The smallest absolute Gasteiger partial charge is 0.294 e. The minimum Gasteiger partial charge on any atom is -0.493 e. The van der Waals surface area contributed by atoms with Crippen LogP contribution >= 0.6 is 0 Å². The van der Waals surface area contributed by atoms with Crippen molar-refractivity contribution in [2.24, 2.45) is 0 Å². The molecule has 0 bridgehead atoms.